The van der Waals surface area contributed by atoms with E-state index in [1.54, 1.807) is 13.2 Å². The summed E-state index contributed by atoms with van der Waals surface area (Å²) in [5, 5.41) is 2.35. The summed E-state index contributed by atoms with van der Waals surface area (Å²) >= 11 is 6.24. The number of amides is 1. The van der Waals surface area contributed by atoms with Crippen LogP contribution in [0, 0.1) is 0 Å². The van der Waals surface area contributed by atoms with Gasteiger partial charge in [-0.1, -0.05) is 42.5 Å². The quantitative estimate of drug-likeness (QED) is 0.460. The van der Waals surface area contributed by atoms with Gasteiger partial charge < -0.3 is 9.64 Å². The number of methoxy groups -OCH3 is 1. The van der Waals surface area contributed by atoms with Gasteiger partial charge in [-0.05, 0) is 46.2 Å². The minimum Gasteiger partial charge on any atom is -0.497 e. The first-order valence-electron chi connectivity index (χ1n) is 8.92. The summed E-state index contributed by atoms with van der Waals surface area (Å²) in [6.45, 7) is 0.610. The maximum atomic E-state index is 12.9. The van der Waals surface area contributed by atoms with Gasteiger partial charge in [0, 0.05) is 30.1 Å². The smallest absolute Gasteiger partial charge is 0.251 e. The predicted molar refractivity (Wildman–Crippen MR) is 112 cm³/mol. The highest BCUT2D eigenvalue weighted by Crippen LogP contribution is 2.41. The molecule has 3 aromatic carbocycles. The molecule has 0 N–H and O–H groups in total. The molecule has 1 aliphatic rings. The van der Waals surface area contributed by atoms with Gasteiger partial charge in [0.1, 0.15) is 5.75 Å². The highest BCUT2D eigenvalue weighted by atomic mass is 35.5. The first kappa shape index (κ1) is 17.6. The zero-order valence-electron chi connectivity index (χ0n) is 15.1. The van der Waals surface area contributed by atoms with Crippen LogP contribution in [0.2, 0.25) is 0 Å². The second-order valence-electron chi connectivity index (χ2n) is 6.63. The number of ether oxygens (including phenoxy) is 1. The van der Waals surface area contributed by atoms with E-state index in [1.807, 2.05) is 53.4 Å². The van der Waals surface area contributed by atoms with Crippen LogP contribution in [-0.2, 0) is 4.79 Å². The summed E-state index contributed by atoms with van der Waals surface area (Å²) in [4.78, 5) is 14.7. The molecular formula is C23H20ClNO2. The lowest BCUT2D eigenvalue weighted by Crippen LogP contribution is -2.28. The average Bonchev–Trinajstić information content (AvgIpc) is 3.12. The van der Waals surface area contributed by atoms with Gasteiger partial charge in [0.2, 0.25) is 0 Å². The molecule has 1 heterocycles. The highest BCUT2D eigenvalue weighted by Gasteiger charge is 2.32. The van der Waals surface area contributed by atoms with Gasteiger partial charge in [0.25, 0.3) is 5.91 Å². The van der Waals surface area contributed by atoms with Gasteiger partial charge >= 0.3 is 0 Å². The third-order valence-electron chi connectivity index (χ3n) is 5.04. The van der Waals surface area contributed by atoms with Crippen LogP contribution in [0.3, 0.4) is 0 Å². The van der Waals surface area contributed by atoms with Crippen molar-refractivity contribution < 1.29 is 9.53 Å². The third-order valence-corrected chi connectivity index (χ3v) is 5.41. The van der Waals surface area contributed by atoms with Gasteiger partial charge in [-0.2, -0.15) is 0 Å². The lowest BCUT2D eigenvalue weighted by molar-refractivity contribution is -0.114. The van der Waals surface area contributed by atoms with Crippen molar-refractivity contribution in [3.63, 3.8) is 0 Å². The van der Waals surface area contributed by atoms with E-state index in [-0.39, 0.29) is 11.8 Å². The Morgan fingerprint density at radius 3 is 2.67 bits per heavy atom. The summed E-state index contributed by atoms with van der Waals surface area (Å²) in [6, 6.07) is 20.0. The summed E-state index contributed by atoms with van der Waals surface area (Å²) < 4.78 is 5.16. The van der Waals surface area contributed by atoms with Gasteiger partial charge in [-0.15, -0.1) is 11.6 Å². The van der Waals surface area contributed by atoms with Gasteiger partial charge in [-0.25, -0.2) is 0 Å². The van der Waals surface area contributed by atoms with Crippen molar-refractivity contribution in [1.29, 1.82) is 0 Å². The monoisotopic (exact) mass is 377 g/mol. The maximum Gasteiger partial charge on any atom is 0.251 e. The summed E-state index contributed by atoms with van der Waals surface area (Å²) in [7, 11) is 1.64. The lowest BCUT2D eigenvalue weighted by atomic mass is 9.96. The van der Waals surface area contributed by atoms with E-state index in [9.17, 15) is 4.79 Å². The van der Waals surface area contributed by atoms with Crippen molar-refractivity contribution in [2.24, 2.45) is 0 Å². The standard InChI is InChI=1S/C23H20ClNO2/c1-27-19-10-6-16(7-11-19)8-13-22(26)25-15-18(14-24)23-20-5-3-2-4-17(20)9-12-21(23)25/h2-13,18H,14-15H2,1H3/b13-8+. The Hall–Kier alpha value is -2.78. The molecule has 4 rings (SSSR count). The SMILES string of the molecule is COc1ccc(/C=C/C(=O)N2CC(CCl)c3c2ccc2ccccc32)cc1. The number of carbonyl (C=O) groups excluding carboxylic acids is 1. The fraction of sp³-hybridized carbons (Fsp3) is 0.174. The zero-order valence-corrected chi connectivity index (χ0v) is 15.8. The number of hydrogen-bond donors (Lipinski definition) is 0. The van der Waals surface area contributed by atoms with Crippen molar-refractivity contribution in [2.45, 2.75) is 5.92 Å². The molecule has 0 aromatic heterocycles. The predicted octanol–water partition coefficient (Wildman–Crippen LogP) is 5.23. The normalized spacial score (nSPS) is 16.1. The Balaban J connectivity index is 1.64. The Kier molecular flexibility index (Phi) is 4.87. The molecule has 1 atom stereocenters. The van der Waals surface area contributed by atoms with E-state index in [4.69, 9.17) is 16.3 Å². The number of nitrogens with zero attached hydrogens (tertiary/aromatic N) is 1. The Morgan fingerprint density at radius 1 is 1.15 bits per heavy atom. The number of benzene rings is 3. The first-order valence-corrected chi connectivity index (χ1v) is 9.46. The minimum atomic E-state index is -0.0324. The van der Waals surface area contributed by atoms with E-state index >= 15 is 0 Å². The van der Waals surface area contributed by atoms with Crippen molar-refractivity contribution in [1.82, 2.24) is 0 Å². The van der Waals surface area contributed by atoms with Crippen molar-refractivity contribution >= 4 is 40.0 Å². The van der Waals surface area contributed by atoms with Crippen LogP contribution in [0.1, 0.15) is 17.0 Å². The maximum absolute atomic E-state index is 12.9. The Bertz CT molecular complexity index is 1010. The number of carbonyl (C=O) groups is 1. The molecule has 27 heavy (non-hydrogen) atoms. The highest BCUT2D eigenvalue weighted by molar-refractivity contribution is 6.19. The van der Waals surface area contributed by atoms with Crippen LogP contribution in [0.25, 0.3) is 16.8 Å². The molecule has 136 valence electrons. The molecule has 1 amide bonds. The fourth-order valence-corrected chi connectivity index (χ4v) is 3.92. The van der Waals surface area contributed by atoms with Crippen LogP contribution in [0.15, 0.2) is 66.7 Å². The zero-order chi connectivity index (χ0) is 18.8. The number of alkyl halides is 1. The molecule has 1 unspecified atom stereocenters. The molecule has 1 aliphatic heterocycles. The second kappa shape index (κ2) is 7.45. The number of rotatable bonds is 4. The van der Waals surface area contributed by atoms with E-state index in [2.05, 4.69) is 18.2 Å². The summed E-state index contributed by atoms with van der Waals surface area (Å²) in [5.41, 5.74) is 3.09. The molecule has 0 bridgehead atoms. The van der Waals surface area contributed by atoms with Crippen molar-refractivity contribution in [2.75, 3.05) is 24.4 Å². The minimum absolute atomic E-state index is 0.0324. The number of anilines is 1. The van der Waals surface area contributed by atoms with E-state index in [0.29, 0.717) is 12.4 Å². The Morgan fingerprint density at radius 2 is 1.93 bits per heavy atom. The van der Waals surface area contributed by atoms with Crippen LogP contribution in [-0.4, -0.2) is 25.4 Å². The molecule has 0 fully saturated rings. The largest absolute Gasteiger partial charge is 0.497 e. The van der Waals surface area contributed by atoms with E-state index in [1.165, 1.54) is 16.3 Å². The molecule has 3 aromatic rings. The molecule has 4 heteroatoms. The van der Waals surface area contributed by atoms with Crippen molar-refractivity contribution in [3.8, 4) is 5.75 Å². The number of hydrogen-bond acceptors (Lipinski definition) is 2. The molecule has 3 nitrogen and oxygen atoms in total. The molecule has 0 saturated carbocycles. The summed E-state index contributed by atoms with van der Waals surface area (Å²) in [5.74, 6) is 1.40. The molecular weight excluding hydrogens is 358 g/mol. The van der Waals surface area contributed by atoms with Crippen LogP contribution in [0.5, 0.6) is 5.75 Å². The lowest BCUT2D eigenvalue weighted by Gasteiger charge is -2.15. The second-order valence-corrected chi connectivity index (χ2v) is 6.93. The van der Waals surface area contributed by atoms with Gasteiger partial charge in [0.15, 0.2) is 0 Å². The van der Waals surface area contributed by atoms with Crippen LogP contribution < -0.4 is 9.64 Å². The summed E-state index contributed by atoms with van der Waals surface area (Å²) in [6.07, 6.45) is 3.45. The molecule has 0 radical (unpaired) electrons. The van der Waals surface area contributed by atoms with Crippen molar-refractivity contribution in [3.05, 3.63) is 77.9 Å². The van der Waals surface area contributed by atoms with E-state index in [0.717, 1.165) is 17.0 Å². The fourth-order valence-electron chi connectivity index (χ4n) is 3.67. The van der Waals surface area contributed by atoms with Gasteiger partial charge in [-0.3, -0.25) is 4.79 Å². The number of fused-ring (bicyclic) bond motifs is 3. The number of halogens is 1. The van der Waals surface area contributed by atoms with Crippen LogP contribution >= 0.6 is 11.6 Å². The Labute approximate surface area is 163 Å². The van der Waals surface area contributed by atoms with Gasteiger partial charge in [0.05, 0.1) is 7.11 Å². The molecule has 0 saturated heterocycles. The first-order chi connectivity index (χ1) is 13.2. The third kappa shape index (κ3) is 3.31. The average molecular weight is 378 g/mol. The molecule has 0 spiro atoms. The van der Waals surface area contributed by atoms with E-state index < -0.39 is 0 Å². The topological polar surface area (TPSA) is 29.5 Å². The van der Waals surface area contributed by atoms with Crippen LogP contribution in [0.4, 0.5) is 5.69 Å². The molecule has 0 aliphatic carbocycles.